The van der Waals surface area contributed by atoms with Gasteiger partial charge in [0.25, 0.3) is 11.8 Å². The van der Waals surface area contributed by atoms with Gasteiger partial charge >= 0.3 is 0 Å². The number of aliphatic hydroxyl groups is 2. The summed E-state index contributed by atoms with van der Waals surface area (Å²) in [7, 11) is 0. The summed E-state index contributed by atoms with van der Waals surface area (Å²) in [5, 5.41) is 31.3. The molecule has 0 aliphatic carbocycles. The second-order valence-electron chi connectivity index (χ2n) is 13.6. The van der Waals surface area contributed by atoms with Gasteiger partial charge in [-0.3, -0.25) is 19.2 Å². The summed E-state index contributed by atoms with van der Waals surface area (Å²) in [6.45, 7) is 2.52. The molecule has 10 nitrogen and oxygen atoms in total. The predicted octanol–water partition coefficient (Wildman–Crippen LogP) is 7.50. The van der Waals surface area contributed by atoms with Crippen LogP contribution in [0, 0.1) is 5.92 Å². The summed E-state index contributed by atoms with van der Waals surface area (Å²) in [5.74, 6) is -0.686. The number of anilines is 3. The zero-order chi connectivity index (χ0) is 37.2. The number of aryl methyl sites for hydroxylation is 1. The zero-order valence-corrected chi connectivity index (χ0v) is 29.7. The number of aliphatic hydroxyl groups excluding tert-OH is 1. The van der Waals surface area contributed by atoms with Gasteiger partial charge in [-0.15, -0.1) is 5.10 Å². The first-order chi connectivity index (χ1) is 26.4. The Morgan fingerprint density at radius 1 is 0.833 bits per heavy atom. The van der Waals surface area contributed by atoms with Crippen LogP contribution in [0.2, 0.25) is 0 Å². The fourth-order valence-corrected chi connectivity index (χ4v) is 7.35. The van der Waals surface area contributed by atoms with E-state index in [1.807, 2.05) is 128 Å². The first kappa shape index (κ1) is 34.7. The Hall–Kier alpha value is -6.36. The molecule has 0 spiro atoms. The number of nitrogens with zero attached hydrogens (tertiary/aromatic N) is 5. The zero-order valence-electron chi connectivity index (χ0n) is 29.7. The lowest BCUT2D eigenvalue weighted by Crippen LogP contribution is -2.44. The average molecular weight is 718 g/mol. The molecule has 270 valence electrons. The Morgan fingerprint density at radius 2 is 1.54 bits per heavy atom. The van der Waals surface area contributed by atoms with Gasteiger partial charge in [0.05, 0.1) is 41.7 Å². The molecule has 2 N–H and O–H groups in total. The monoisotopic (exact) mass is 717 g/mol. The number of para-hydroxylation sites is 3. The molecule has 3 heterocycles. The standard InChI is InChI=1S/C44H39N5O5/c1-30(14-12-13-25-47-28-37(45-46-47)35(29-50)32-17-6-3-7-18-32)44(53)36-26-33(23-24-38(36)48(43(44)52)27-31-15-4-2-5-16-31)49-39-20-9-11-22-41(39)54-40-21-10-8-19-34(40)42(49)51/h2-12,14-24,26,28,30,35,50,53H,13,25,27,29H2,1H3/b14-12+/t30-,35?,44+/m1/s1. The maximum atomic E-state index is 14.5. The number of allylic oxidation sites excluding steroid dienone is 1. The fourth-order valence-electron chi connectivity index (χ4n) is 7.35. The van der Waals surface area contributed by atoms with Crippen molar-refractivity contribution in [2.45, 2.75) is 38.0 Å². The van der Waals surface area contributed by atoms with Crippen LogP contribution in [0.4, 0.5) is 17.1 Å². The second kappa shape index (κ2) is 14.6. The second-order valence-corrected chi connectivity index (χ2v) is 13.6. The Kier molecular flexibility index (Phi) is 9.37. The van der Waals surface area contributed by atoms with Gasteiger partial charge in [-0.05, 0) is 60.0 Å². The van der Waals surface area contributed by atoms with Crippen molar-refractivity contribution in [3.05, 3.63) is 174 Å². The van der Waals surface area contributed by atoms with E-state index in [1.54, 1.807) is 38.7 Å². The number of rotatable bonds is 11. The highest BCUT2D eigenvalue weighted by Gasteiger charge is 2.53. The maximum absolute atomic E-state index is 14.5. The first-order valence-electron chi connectivity index (χ1n) is 18.0. The Bertz CT molecular complexity index is 2340. The molecule has 1 unspecified atom stereocenters. The van der Waals surface area contributed by atoms with Crippen molar-refractivity contribution in [2.75, 3.05) is 16.4 Å². The van der Waals surface area contributed by atoms with Crippen LogP contribution in [0.25, 0.3) is 0 Å². The molecular weight excluding hydrogens is 679 g/mol. The molecule has 0 radical (unpaired) electrons. The topological polar surface area (TPSA) is 121 Å². The highest BCUT2D eigenvalue weighted by Crippen LogP contribution is 2.49. The molecule has 54 heavy (non-hydrogen) atoms. The lowest BCUT2D eigenvalue weighted by Gasteiger charge is -2.28. The summed E-state index contributed by atoms with van der Waals surface area (Å²) in [6.07, 6.45) is 6.19. The Labute approximate surface area is 313 Å². The molecule has 6 aromatic rings. The molecule has 0 saturated carbocycles. The first-order valence-corrected chi connectivity index (χ1v) is 18.0. The van der Waals surface area contributed by atoms with Crippen LogP contribution >= 0.6 is 0 Å². The van der Waals surface area contributed by atoms with Crippen molar-refractivity contribution < 1.29 is 24.5 Å². The minimum Gasteiger partial charge on any atom is -0.454 e. The number of ether oxygens (including phenoxy) is 1. The number of aromatic nitrogens is 3. The van der Waals surface area contributed by atoms with Crippen LogP contribution in [-0.4, -0.2) is 43.6 Å². The van der Waals surface area contributed by atoms with Gasteiger partial charge in [0.2, 0.25) is 0 Å². The lowest BCUT2D eigenvalue weighted by molar-refractivity contribution is -0.139. The molecule has 2 aliphatic rings. The number of benzene rings is 5. The van der Waals surface area contributed by atoms with E-state index in [0.29, 0.717) is 58.3 Å². The van der Waals surface area contributed by atoms with Crippen molar-refractivity contribution in [1.29, 1.82) is 0 Å². The summed E-state index contributed by atoms with van der Waals surface area (Å²) < 4.78 is 7.95. The van der Waals surface area contributed by atoms with Crippen molar-refractivity contribution in [2.24, 2.45) is 5.92 Å². The fraction of sp³-hybridized carbons (Fsp3) is 0.182. The molecule has 2 amide bonds. The lowest BCUT2D eigenvalue weighted by atomic mass is 9.82. The van der Waals surface area contributed by atoms with Crippen molar-refractivity contribution in [1.82, 2.24) is 15.0 Å². The van der Waals surface area contributed by atoms with Crippen molar-refractivity contribution in [3.63, 3.8) is 0 Å². The van der Waals surface area contributed by atoms with Crippen LogP contribution in [0.15, 0.2) is 146 Å². The highest BCUT2D eigenvalue weighted by molar-refractivity contribution is 6.15. The van der Waals surface area contributed by atoms with Crippen LogP contribution in [0.3, 0.4) is 0 Å². The number of hydrogen-bond donors (Lipinski definition) is 2. The normalized spacial score (nSPS) is 17.5. The van der Waals surface area contributed by atoms with Gasteiger partial charge in [0, 0.05) is 29.9 Å². The molecule has 8 rings (SSSR count). The smallest absolute Gasteiger partial charge is 0.266 e. The average Bonchev–Trinajstić information content (AvgIpc) is 3.71. The van der Waals surface area contributed by atoms with E-state index >= 15 is 0 Å². The number of carbonyl (C=O) groups is 2. The Balaban J connectivity index is 1.10. The van der Waals surface area contributed by atoms with Gasteiger partial charge in [0.15, 0.2) is 11.4 Å². The van der Waals surface area contributed by atoms with E-state index in [4.69, 9.17) is 4.74 Å². The van der Waals surface area contributed by atoms with Crippen LogP contribution in [-0.2, 0) is 23.5 Å². The van der Waals surface area contributed by atoms with Gasteiger partial charge in [-0.1, -0.05) is 109 Å². The van der Waals surface area contributed by atoms with Gasteiger partial charge < -0.3 is 19.8 Å². The predicted molar refractivity (Wildman–Crippen MR) is 206 cm³/mol. The largest absolute Gasteiger partial charge is 0.454 e. The van der Waals surface area contributed by atoms with E-state index in [-0.39, 0.29) is 25.0 Å². The minimum atomic E-state index is -1.93. The molecule has 1 aromatic heterocycles. The molecule has 5 aromatic carbocycles. The molecular formula is C44H39N5O5. The van der Waals surface area contributed by atoms with Crippen LogP contribution in [0.1, 0.15) is 52.0 Å². The highest BCUT2D eigenvalue weighted by atomic mass is 16.5. The van der Waals surface area contributed by atoms with Gasteiger partial charge in [-0.25, -0.2) is 0 Å². The minimum absolute atomic E-state index is 0.0866. The summed E-state index contributed by atoms with van der Waals surface area (Å²) >= 11 is 0. The number of carbonyl (C=O) groups excluding carboxylic acids is 2. The van der Waals surface area contributed by atoms with Gasteiger partial charge in [0.1, 0.15) is 5.75 Å². The summed E-state index contributed by atoms with van der Waals surface area (Å²) in [6, 6.07) is 39.2. The third-order valence-electron chi connectivity index (χ3n) is 10.2. The van der Waals surface area contributed by atoms with E-state index in [9.17, 15) is 19.8 Å². The SMILES string of the molecule is C[C@H](/C=C/CCn1cc(C(CO)c2ccccc2)nn1)[C@@]1(O)C(=O)N(Cc2ccccc2)c2ccc(N3C(=O)c4ccccc4Oc4ccccc43)cc21. The van der Waals surface area contributed by atoms with Crippen LogP contribution in [0.5, 0.6) is 11.5 Å². The van der Waals surface area contributed by atoms with Crippen molar-refractivity contribution >= 4 is 28.9 Å². The van der Waals surface area contributed by atoms with Crippen molar-refractivity contribution in [3.8, 4) is 11.5 Å². The van der Waals surface area contributed by atoms with E-state index in [2.05, 4.69) is 10.3 Å². The molecule has 0 saturated heterocycles. The molecule has 3 atom stereocenters. The number of fused-ring (bicyclic) bond motifs is 3. The summed E-state index contributed by atoms with van der Waals surface area (Å²) in [5.41, 5.74) is 3.06. The van der Waals surface area contributed by atoms with Crippen LogP contribution < -0.4 is 14.5 Å². The third kappa shape index (κ3) is 6.25. The Morgan fingerprint density at radius 3 is 2.31 bits per heavy atom. The third-order valence-corrected chi connectivity index (χ3v) is 10.2. The van der Waals surface area contributed by atoms with E-state index in [0.717, 1.165) is 11.1 Å². The van der Waals surface area contributed by atoms with E-state index in [1.165, 1.54) is 0 Å². The summed E-state index contributed by atoms with van der Waals surface area (Å²) in [4.78, 5) is 31.9. The molecule has 0 fully saturated rings. The molecule has 10 heteroatoms. The molecule has 0 bridgehead atoms. The van der Waals surface area contributed by atoms with E-state index < -0.39 is 17.4 Å². The quantitative estimate of drug-likeness (QED) is 0.133. The molecule has 2 aliphatic heterocycles. The van der Waals surface area contributed by atoms with Gasteiger partial charge in [-0.2, -0.15) is 0 Å². The number of amides is 2. The number of hydrogen-bond acceptors (Lipinski definition) is 7. The maximum Gasteiger partial charge on any atom is 0.266 e.